The Bertz CT molecular complexity index is 2460. The fourth-order valence-electron chi connectivity index (χ4n) is 8.54. The van der Waals surface area contributed by atoms with Crippen molar-refractivity contribution in [3.05, 3.63) is 155 Å². The second kappa shape index (κ2) is 20.8. The Kier molecular flexibility index (Phi) is 14.8. The smallest absolute Gasteiger partial charge is 0.303 e. The molecule has 1 N–H and O–H groups in total. The Morgan fingerprint density at radius 3 is 1.92 bits per heavy atom. The number of aryl methyl sites for hydroxylation is 1. The van der Waals surface area contributed by atoms with Crippen molar-refractivity contribution in [3.8, 4) is 16.9 Å². The zero-order valence-corrected chi connectivity index (χ0v) is 37.0. The highest BCUT2D eigenvalue weighted by atomic mass is 16.7. The number of aliphatic hydroxyl groups excluding tert-OH is 1. The first-order chi connectivity index (χ1) is 31.3. The van der Waals surface area contributed by atoms with Crippen LogP contribution in [-0.2, 0) is 54.3 Å². The molecule has 2 aliphatic heterocycles. The number of anilines is 1. The lowest BCUT2D eigenvalue weighted by molar-refractivity contribution is -0.254. The summed E-state index contributed by atoms with van der Waals surface area (Å²) in [7, 11) is 0. The molecule has 65 heavy (non-hydrogen) atoms. The average Bonchev–Trinajstić information content (AvgIpc) is 3.28. The van der Waals surface area contributed by atoms with Crippen LogP contribution in [0.4, 0.5) is 5.69 Å². The molecule has 1 amide bonds. The summed E-state index contributed by atoms with van der Waals surface area (Å²) in [6.45, 7) is 6.70. The quantitative estimate of drug-likeness (QED) is 0.0574. The predicted molar refractivity (Wildman–Crippen MR) is 239 cm³/mol. The van der Waals surface area contributed by atoms with Gasteiger partial charge in [-0.2, -0.15) is 0 Å². The first-order valence-corrected chi connectivity index (χ1v) is 21.6. The maximum atomic E-state index is 14.1. The molecule has 0 aliphatic carbocycles. The Morgan fingerprint density at radius 1 is 0.692 bits per heavy atom. The van der Waals surface area contributed by atoms with Gasteiger partial charge in [0, 0.05) is 38.9 Å². The Hall–Kier alpha value is -6.83. The van der Waals surface area contributed by atoms with E-state index in [1.807, 2.05) is 122 Å². The predicted octanol–water partition coefficient (Wildman–Crippen LogP) is 8.26. The van der Waals surface area contributed by atoms with Crippen LogP contribution >= 0.6 is 0 Å². The number of nitrogens with zero attached hydrogens (tertiary/aromatic N) is 1. The number of esters is 4. The number of rotatable bonds is 16. The Labute approximate surface area is 378 Å². The molecule has 0 saturated carbocycles. The van der Waals surface area contributed by atoms with Crippen LogP contribution in [0.1, 0.15) is 86.6 Å². The first kappa shape index (κ1) is 46.2. The second-order valence-corrected chi connectivity index (χ2v) is 16.4. The van der Waals surface area contributed by atoms with Gasteiger partial charge in [0.05, 0.1) is 18.1 Å². The summed E-state index contributed by atoms with van der Waals surface area (Å²) in [6, 6.07) is 39.9. The second-order valence-electron chi connectivity index (χ2n) is 16.4. The molecule has 5 aromatic carbocycles. The van der Waals surface area contributed by atoms with Crippen LogP contribution in [0.2, 0.25) is 0 Å². The monoisotopic (exact) mass is 883 g/mol. The number of β-lactam (4-membered cyclic amide) rings is 1. The number of amides is 1. The molecule has 0 radical (unpaired) electrons. The van der Waals surface area contributed by atoms with Crippen molar-refractivity contribution in [3.63, 3.8) is 0 Å². The third-order valence-corrected chi connectivity index (χ3v) is 11.6. The molecular weight excluding hydrogens is 831 g/mol. The van der Waals surface area contributed by atoms with E-state index < -0.39 is 66.4 Å². The topological polar surface area (TPSA) is 164 Å². The Balaban J connectivity index is 1.23. The zero-order valence-electron chi connectivity index (χ0n) is 37.0. The highest BCUT2D eigenvalue weighted by molar-refractivity contribution is 6.03. The van der Waals surface area contributed by atoms with E-state index in [9.17, 15) is 29.1 Å². The summed E-state index contributed by atoms with van der Waals surface area (Å²) in [6.07, 6.45) is -5.86. The lowest BCUT2D eigenvalue weighted by Crippen LogP contribution is -2.59. The molecule has 5 aromatic rings. The van der Waals surface area contributed by atoms with Crippen molar-refractivity contribution < 1.29 is 57.5 Å². The summed E-state index contributed by atoms with van der Waals surface area (Å²) < 4.78 is 35.2. The summed E-state index contributed by atoms with van der Waals surface area (Å²) >= 11 is 0. The molecule has 0 unspecified atom stereocenters. The standard InChI is InChI=1S/C52H53NO12/c1-31-16-18-38(19-17-31)44(58)27-26-43-47(53(52(43)59)41-14-10-7-11-15-41)42-25-24-40(28-45(42)61-29-36-12-8-6-9-13-36)37-20-22-39(23-21-37)48-50(63-34(4)56)51(64-35(5)57)49(62-33(3)55)46(65-48)30-60-32(2)54/h6-25,28,43-44,46-51,58H,26-27,29-30H2,1-5H3/t43-,44+,46-,47-,48+,49-,50+,51+/m1/s1. The Morgan fingerprint density at radius 2 is 1.29 bits per heavy atom. The van der Waals surface area contributed by atoms with E-state index in [0.29, 0.717) is 24.2 Å². The molecular formula is C52H53NO12. The molecule has 338 valence electrons. The van der Waals surface area contributed by atoms with Crippen LogP contribution in [0.25, 0.3) is 11.1 Å². The number of hydrogen-bond acceptors (Lipinski definition) is 12. The van der Waals surface area contributed by atoms with Gasteiger partial charge in [-0.25, -0.2) is 0 Å². The van der Waals surface area contributed by atoms with Crippen molar-refractivity contribution >= 4 is 35.5 Å². The summed E-state index contributed by atoms with van der Waals surface area (Å²) in [5.74, 6) is -2.61. The van der Waals surface area contributed by atoms with Crippen molar-refractivity contribution in [1.82, 2.24) is 0 Å². The SMILES string of the molecule is CC(=O)OC[C@H]1O[C@@H](c2ccc(-c3ccc([C@@H]4[C@@H](CC[C@H](O)c5ccc(C)cc5)C(=O)N4c4ccccc4)c(OCc4ccccc4)c3)cc2)[C@H](OC(C)=O)[C@@H](OC(C)=O)[C@@H]1OC(C)=O. The van der Waals surface area contributed by atoms with E-state index in [2.05, 4.69) is 0 Å². The molecule has 13 nitrogen and oxygen atoms in total. The fraction of sp³-hybridized carbons (Fsp3) is 0.327. The third-order valence-electron chi connectivity index (χ3n) is 11.6. The van der Waals surface area contributed by atoms with E-state index in [4.69, 9.17) is 28.4 Å². The van der Waals surface area contributed by atoms with Gasteiger partial charge in [-0.1, -0.05) is 115 Å². The van der Waals surface area contributed by atoms with Gasteiger partial charge in [0.25, 0.3) is 0 Å². The van der Waals surface area contributed by atoms with Crippen LogP contribution < -0.4 is 9.64 Å². The molecule has 0 aromatic heterocycles. The van der Waals surface area contributed by atoms with Gasteiger partial charge < -0.3 is 38.4 Å². The van der Waals surface area contributed by atoms with E-state index >= 15 is 0 Å². The molecule has 2 saturated heterocycles. The largest absolute Gasteiger partial charge is 0.489 e. The third kappa shape index (κ3) is 11.1. The van der Waals surface area contributed by atoms with Gasteiger partial charge in [0.1, 0.15) is 31.2 Å². The number of para-hydroxylation sites is 1. The highest BCUT2D eigenvalue weighted by Gasteiger charge is 2.53. The summed E-state index contributed by atoms with van der Waals surface area (Å²) in [5, 5.41) is 11.2. The minimum Gasteiger partial charge on any atom is -0.489 e. The molecule has 0 bridgehead atoms. The van der Waals surface area contributed by atoms with Crippen LogP contribution in [-0.4, -0.2) is 65.9 Å². The first-order valence-electron chi connectivity index (χ1n) is 21.6. The maximum Gasteiger partial charge on any atom is 0.303 e. The maximum absolute atomic E-state index is 14.1. The zero-order chi connectivity index (χ0) is 46.2. The molecule has 2 fully saturated rings. The molecule has 0 spiro atoms. The molecule has 2 heterocycles. The van der Waals surface area contributed by atoms with Crippen molar-refractivity contribution in [1.29, 1.82) is 0 Å². The van der Waals surface area contributed by atoms with Crippen molar-refractivity contribution in [2.24, 2.45) is 5.92 Å². The van der Waals surface area contributed by atoms with E-state index in [-0.39, 0.29) is 25.2 Å². The number of carbonyl (C=O) groups is 5. The van der Waals surface area contributed by atoms with Gasteiger partial charge in [-0.3, -0.25) is 24.0 Å². The minimum absolute atomic E-state index is 0.0341. The number of hydrogen-bond donors (Lipinski definition) is 1. The van der Waals surface area contributed by atoms with Gasteiger partial charge in [-0.15, -0.1) is 0 Å². The summed E-state index contributed by atoms with van der Waals surface area (Å²) in [5.41, 5.74) is 6.55. The van der Waals surface area contributed by atoms with Crippen LogP contribution in [0.3, 0.4) is 0 Å². The molecule has 2 aliphatic rings. The van der Waals surface area contributed by atoms with Gasteiger partial charge in [0.2, 0.25) is 5.91 Å². The number of carbonyl (C=O) groups excluding carboxylic acids is 5. The molecule has 8 atom stereocenters. The summed E-state index contributed by atoms with van der Waals surface area (Å²) in [4.78, 5) is 64.9. The number of benzene rings is 5. The minimum atomic E-state index is -1.31. The van der Waals surface area contributed by atoms with Crippen LogP contribution in [0.5, 0.6) is 5.75 Å². The lowest BCUT2D eigenvalue weighted by Gasteiger charge is -2.48. The number of aliphatic hydroxyl groups is 1. The molecule has 13 heteroatoms. The van der Waals surface area contributed by atoms with Crippen LogP contribution in [0.15, 0.2) is 127 Å². The highest BCUT2D eigenvalue weighted by Crippen LogP contribution is 2.50. The van der Waals surface area contributed by atoms with Gasteiger partial charge in [0.15, 0.2) is 18.3 Å². The van der Waals surface area contributed by atoms with Crippen LogP contribution in [0, 0.1) is 12.8 Å². The van der Waals surface area contributed by atoms with Crippen molar-refractivity contribution in [2.75, 3.05) is 11.5 Å². The van der Waals surface area contributed by atoms with E-state index in [1.165, 1.54) is 27.7 Å². The van der Waals surface area contributed by atoms with Gasteiger partial charge >= 0.3 is 23.9 Å². The van der Waals surface area contributed by atoms with Crippen molar-refractivity contribution in [2.45, 2.75) is 96.7 Å². The normalized spacial score (nSPS) is 21.9. The van der Waals surface area contributed by atoms with E-state index in [0.717, 1.165) is 39.1 Å². The average molecular weight is 884 g/mol. The molecule has 7 rings (SSSR count). The fourth-order valence-corrected chi connectivity index (χ4v) is 8.54. The van der Waals surface area contributed by atoms with E-state index in [1.54, 1.807) is 17.0 Å². The lowest BCUT2D eigenvalue weighted by atomic mass is 9.77. The number of ether oxygens (including phenoxy) is 6. The van der Waals surface area contributed by atoms with Gasteiger partial charge in [-0.05, 0) is 65.8 Å².